The van der Waals surface area contributed by atoms with E-state index in [1.54, 1.807) is 39.8 Å². The molecular weight excluding hydrogens is 431 g/mol. The van der Waals surface area contributed by atoms with Crippen molar-refractivity contribution in [2.45, 2.75) is 26.9 Å². The van der Waals surface area contributed by atoms with Crippen molar-refractivity contribution in [1.29, 1.82) is 0 Å². The van der Waals surface area contributed by atoms with Gasteiger partial charge in [-0.15, -0.1) is 0 Å². The zero-order valence-electron chi connectivity index (χ0n) is 18.9. The molecule has 3 aromatic heterocycles. The van der Waals surface area contributed by atoms with Gasteiger partial charge in [0.2, 0.25) is 5.91 Å². The van der Waals surface area contributed by atoms with Crippen LogP contribution in [0.4, 0.5) is 10.2 Å². The Morgan fingerprint density at radius 3 is 2.53 bits per heavy atom. The number of benzene rings is 2. The van der Waals surface area contributed by atoms with E-state index < -0.39 is 0 Å². The molecule has 0 fully saturated rings. The van der Waals surface area contributed by atoms with Gasteiger partial charge in [-0.25, -0.2) is 14.1 Å². The second-order valence-electron chi connectivity index (χ2n) is 8.13. The first-order valence-electron chi connectivity index (χ1n) is 10.9. The average molecular weight is 455 g/mol. The van der Waals surface area contributed by atoms with Crippen LogP contribution in [0.15, 0.2) is 72.9 Å². The Bertz CT molecular complexity index is 1490. The van der Waals surface area contributed by atoms with E-state index in [0.717, 1.165) is 27.9 Å². The van der Waals surface area contributed by atoms with Crippen LogP contribution in [0.2, 0.25) is 0 Å². The number of nitrogens with one attached hydrogen (secondary N) is 1. The van der Waals surface area contributed by atoms with Gasteiger partial charge in [-0.3, -0.25) is 9.48 Å². The Kier molecular flexibility index (Phi) is 5.63. The molecule has 0 atom stereocenters. The number of rotatable bonds is 6. The minimum atomic E-state index is -0.286. The summed E-state index contributed by atoms with van der Waals surface area (Å²) in [5.74, 6) is -0.150. The number of aromatic nitrogens is 5. The van der Waals surface area contributed by atoms with Crippen LogP contribution < -0.4 is 5.32 Å². The third-order valence-corrected chi connectivity index (χ3v) is 5.71. The van der Waals surface area contributed by atoms with Crippen molar-refractivity contribution in [1.82, 2.24) is 24.5 Å². The second-order valence-corrected chi connectivity index (χ2v) is 8.13. The highest BCUT2D eigenvalue weighted by Gasteiger charge is 2.17. The second kappa shape index (κ2) is 8.90. The van der Waals surface area contributed by atoms with E-state index >= 15 is 0 Å². The summed E-state index contributed by atoms with van der Waals surface area (Å²) in [6, 6.07) is 20.3. The lowest BCUT2D eigenvalue weighted by molar-refractivity contribution is -0.116. The fourth-order valence-electron chi connectivity index (χ4n) is 4.09. The first kappa shape index (κ1) is 21.5. The number of hydrogen-bond donors (Lipinski definition) is 1. The summed E-state index contributed by atoms with van der Waals surface area (Å²) in [6.07, 6.45) is 1.73. The van der Waals surface area contributed by atoms with Crippen molar-refractivity contribution in [3.8, 4) is 11.1 Å². The van der Waals surface area contributed by atoms with E-state index in [9.17, 15) is 9.18 Å². The first-order valence-corrected chi connectivity index (χ1v) is 10.9. The molecule has 1 N–H and O–H groups in total. The molecule has 170 valence electrons. The summed E-state index contributed by atoms with van der Waals surface area (Å²) in [7, 11) is 0. The minimum absolute atomic E-state index is 0.00515. The van der Waals surface area contributed by atoms with Gasteiger partial charge in [-0.1, -0.05) is 48.5 Å². The molecule has 1 amide bonds. The van der Waals surface area contributed by atoms with Crippen LogP contribution in [0, 0.1) is 19.7 Å². The molecule has 0 bridgehead atoms. The maximum atomic E-state index is 14.0. The van der Waals surface area contributed by atoms with Gasteiger partial charge in [0.15, 0.2) is 11.5 Å². The fourth-order valence-corrected chi connectivity index (χ4v) is 4.09. The predicted octanol–water partition coefficient (Wildman–Crippen LogP) is 4.74. The van der Waals surface area contributed by atoms with E-state index in [2.05, 4.69) is 20.5 Å². The van der Waals surface area contributed by atoms with Gasteiger partial charge in [0, 0.05) is 28.9 Å². The maximum absolute atomic E-state index is 14.0. The molecule has 0 aliphatic heterocycles. The normalized spacial score (nSPS) is 11.1. The lowest BCUT2D eigenvalue weighted by atomic mass is 10.0. The highest BCUT2D eigenvalue weighted by Crippen LogP contribution is 2.29. The number of pyridine rings is 1. The highest BCUT2D eigenvalue weighted by molar-refractivity contribution is 5.96. The van der Waals surface area contributed by atoms with Crippen LogP contribution >= 0.6 is 0 Å². The molecule has 0 saturated heterocycles. The maximum Gasteiger partial charge on any atom is 0.247 e. The van der Waals surface area contributed by atoms with Crippen molar-refractivity contribution in [3.05, 3.63) is 95.7 Å². The smallest absolute Gasteiger partial charge is 0.247 e. The number of hydrogen-bond acceptors (Lipinski definition) is 4. The van der Waals surface area contributed by atoms with Crippen LogP contribution in [0.1, 0.15) is 17.0 Å². The van der Waals surface area contributed by atoms with E-state index in [1.165, 1.54) is 6.07 Å². The summed E-state index contributed by atoms with van der Waals surface area (Å²) < 4.78 is 17.3. The Balaban J connectivity index is 1.36. The summed E-state index contributed by atoms with van der Waals surface area (Å²) in [4.78, 5) is 17.3. The van der Waals surface area contributed by atoms with E-state index in [4.69, 9.17) is 0 Å². The molecule has 2 aromatic carbocycles. The lowest BCUT2D eigenvalue weighted by Gasteiger charge is -2.06. The number of amides is 1. The molecule has 7 nitrogen and oxygen atoms in total. The monoisotopic (exact) mass is 454 g/mol. The number of carbonyl (C=O) groups excluding carboxylic acids is 1. The topological polar surface area (TPSA) is 77.6 Å². The number of nitrogens with zero attached hydrogens (tertiary/aromatic N) is 5. The summed E-state index contributed by atoms with van der Waals surface area (Å²) in [6.45, 7) is 4.06. The van der Waals surface area contributed by atoms with Crippen molar-refractivity contribution in [2.24, 2.45) is 0 Å². The van der Waals surface area contributed by atoms with Crippen LogP contribution in [0.3, 0.4) is 0 Å². The Morgan fingerprint density at radius 1 is 0.971 bits per heavy atom. The van der Waals surface area contributed by atoms with Gasteiger partial charge in [0.1, 0.15) is 12.4 Å². The largest absolute Gasteiger partial charge is 0.308 e. The third-order valence-electron chi connectivity index (χ3n) is 5.71. The Hall–Kier alpha value is -4.33. The molecule has 5 rings (SSSR count). The Morgan fingerprint density at radius 2 is 1.74 bits per heavy atom. The SMILES string of the molecule is Cc1nn(CC(=O)Nc2cc(C)n(Cc3ccccc3F)n2)c2nccc(-c3ccccc3)c12. The van der Waals surface area contributed by atoms with Gasteiger partial charge in [0.25, 0.3) is 0 Å². The molecule has 3 heterocycles. The molecule has 0 saturated carbocycles. The Labute approximate surface area is 195 Å². The summed E-state index contributed by atoms with van der Waals surface area (Å²) >= 11 is 0. The molecule has 0 radical (unpaired) electrons. The number of halogens is 1. The molecule has 0 unspecified atom stereocenters. The number of aryl methyl sites for hydroxylation is 2. The molecule has 0 spiro atoms. The van der Waals surface area contributed by atoms with E-state index in [0.29, 0.717) is 17.0 Å². The molecule has 5 aromatic rings. The number of carbonyl (C=O) groups is 1. The van der Waals surface area contributed by atoms with Gasteiger partial charge in [0.05, 0.1) is 12.2 Å². The van der Waals surface area contributed by atoms with Crippen molar-refractivity contribution in [2.75, 3.05) is 5.32 Å². The quantitative estimate of drug-likeness (QED) is 0.402. The number of fused-ring (bicyclic) bond motifs is 1. The molecule has 34 heavy (non-hydrogen) atoms. The van der Waals surface area contributed by atoms with Crippen molar-refractivity contribution >= 4 is 22.8 Å². The zero-order valence-corrected chi connectivity index (χ0v) is 18.9. The third kappa shape index (κ3) is 4.17. The molecule has 8 heteroatoms. The summed E-state index contributed by atoms with van der Waals surface area (Å²) in [5.41, 5.74) is 4.89. The fraction of sp³-hybridized carbons (Fsp3) is 0.154. The summed E-state index contributed by atoms with van der Waals surface area (Å²) in [5, 5.41) is 12.7. The first-order chi connectivity index (χ1) is 16.5. The number of anilines is 1. The van der Waals surface area contributed by atoms with Crippen LogP contribution in [0.25, 0.3) is 22.2 Å². The van der Waals surface area contributed by atoms with E-state index in [1.807, 2.05) is 50.2 Å². The van der Waals surface area contributed by atoms with Gasteiger partial charge >= 0.3 is 0 Å². The molecular formula is C26H23FN6O. The minimum Gasteiger partial charge on any atom is -0.308 e. The standard InChI is InChI=1S/C26H23FN6O/c1-17-14-23(31-32(17)15-20-10-6-7-11-22(20)27)29-24(34)16-33-26-25(18(2)30-33)21(12-13-28-26)19-8-4-3-5-9-19/h3-14H,15-16H2,1-2H3,(H,29,31,34). The predicted molar refractivity (Wildman–Crippen MR) is 129 cm³/mol. The van der Waals surface area contributed by atoms with Gasteiger partial charge in [-0.05, 0) is 37.1 Å². The zero-order chi connectivity index (χ0) is 23.7. The van der Waals surface area contributed by atoms with Gasteiger partial charge < -0.3 is 5.32 Å². The molecule has 0 aliphatic carbocycles. The van der Waals surface area contributed by atoms with E-state index in [-0.39, 0.29) is 24.8 Å². The van der Waals surface area contributed by atoms with Crippen molar-refractivity contribution < 1.29 is 9.18 Å². The van der Waals surface area contributed by atoms with Crippen LogP contribution in [0.5, 0.6) is 0 Å². The van der Waals surface area contributed by atoms with Crippen LogP contribution in [-0.2, 0) is 17.9 Å². The highest BCUT2D eigenvalue weighted by atomic mass is 19.1. The average Bonchev–Trinajstić information content (AvgIpc) is 3.34. The van der Waals surface area contributed by atoms with Crippen LogP contribution in [-0.4, -0.2) is 30.5 Å². The lowest BCUT2D eigenvalue weighted by Crippen LogP contribution is -2.20. The van der Waals surface area contributed by atoms with Crippen molar-refractivity contribution in [3.63, 3.8) is 0 Å². The molecule has 0 aliphatic rings. The van der Waals surface area contributed by atoms with Gasteiger partial charge in [-0.2, -0.15) is 10.2 Å².